The van der Waals surface area contributed by atoms with Gasteiger partial charge in [0.15, 0.2) is 0 Å². The minimum Gasteiger partial charge on any atom is -0.393 e. The first-order valence-electron chi connectivity index (χ1n) is 5.79. The molecule has 4 nitrogen and oxygen atoms in total. The van der Waals surface area contributed by atoms with Crippen LogP contribution in [0.4, 0.5) is 0 Å². The van der Waals surface area contributed by atoms with Crippen molar-refractivity contribution in [2.24, 2.45) is 0 Å². The Morgan fingerprint density at radius 3 is 2.53 bits per heavy atom. The molecule has 94 valence electrons. The molecule has 1 unspecified atom stereocenters. The number of amides is 1. The molecule has 1 aromatic carbocycles. The van der Waals surface area contributed by atoms with E-state index in [-0.39, 0.29) is 18.6 Å². The highest BCUT2D eigenvalue weighted by molar-refractivity contribution is 5.94. The zero-order valence-electron chi connectivity index (χ0n) is 10.0. The van der Waals surface area contributed by atoms with Crippen molar-refractivity contribution in [1.29, 1.82) is 0 Å². The van der Waals surface area contributed by atoms with Crippen LogP contribution in [0.3, 0.4) is 0 Å². The molecule has 0 aromatic heterocycles. The second-order valence-electron chi connectivity index (χ2n) is 4.10. The standard InChI is InChI=1S/C13H19NO3/c1-10(16)3-2-8-14-13(17)12-6-4-11(9-15)5-7-12/h4-7,10,15-16H,2-3,8-9H2,1H3,(H,14,17). The fourth-order valence-electron chi connectivity index (χ4n) is 1.46. The van der Waals surface area contributed by atoms with Gasteiger partial charge in [-0.3, -0.25) is 4.79 Å². The predicted molar refractivity (Wildman–Crippen MR) is 65.6 cm³/mol. The summed E-state index contributed by atoms with van der Waals surface area (Å²) in [7, 11) is 0. The first-order valence-corrected chi connectivity index (χ1v) is 5.79. The fourth-order valence-corrected chi connectivity index (χ4v) is 1.46. The SMILES string of the molecule is CC(O)CCCNC(=O)c1ccc(CO)cc1. The minimum absolute atomic E-state index is 0.0176. The molecule has 1 rings (SSSR count). The predicted octanol–water partition coefficient (Wildman–Crippen LogP) is 1.07. The Morgan fingerprint density at radius 1 is 1.35 bits per heavy atom. The van der Waals surface area contributed by atoms with Gasteiger partial charge in [0.05, 0.1) is 12.7 Å². The van der Waals surface area contributed by atoms with Crippen LogP contribution in [0.25, 0.3) is 0 Å². The van der Waals surface area contributed by atoms with Gasteiger partial charge >= 0.3 is 0 Å². The number of carbonyl (C=O) groups excluding carboxylic acids is 1. The highest BCUT2D eigenvalue weighted by atomic mass is 16.3. The van der Waals surface area contributed by atoms with Gasteiger partial charge in [-0.05, 0) is 37.5 Å². The first kappa shape index (κ1) is 13.7. The lowest BCUT2D eigenvalue weighted by molar-refractivity contribution is 0.0949. The third-order valence-electron chi connectivity index (χ3n) is 2.48. The number of aliphatic hydroxyl groups excluding tert-OH is 2. The van der Waals surface area contributed by atoms with E-state index in [2.05, 4.69) is 5.32 Å². The van der Waals surface area contributed by atoms with Crippen LogP contribution >= 0.6 is 0 Å². The van der Waals surface area contributed by atoms with Crippen molar-refractivity contribution in [3.8, 4) is 0 Å². The van der Waals surface area contributed by atoms with E-state index in [0.717, 1.165) is 12.0 Å². The van der Waals surface area contributed by atoms with Crippen LogP contribution in [-0.4, -0.2) is 28.8 Å². The lowest BCUT2D eigenvalue weighted by Crippen LogP contribution is -2.25. The Morgan fingerprint density at radius 2 is 2.00 bits per heavy atom. The Balaban J connectivity index is 2.36. The summed E-state index contributed by atoms with van der Waals surface area (Å²) in [6.07, 6.45) is 1.12. The van der Waals surface area contributed by atoms with Gasteiger partial charge < -0.3 is 15.5 Å². The number of nitrogens with one attached hydrogen (secondary N) is 1. The monoisotopic (exact) mass is 237 g/mol. The molecule has 0 fully saturated rings. The Kier molecular flexibility index (Phi) is 5.66. The van der Waals surface area contributed by atoms with Gasteiger partial charge in [-0.1, -0.05) is 12.1 Å². The van der Waals surface area contributed by atoms with Gasteiger partial charge in [0.2, 0.25) is 0 Å². The van der Waals surface area contributed by atoms with E-state index in [9.17, 15) is 4.79 Å². The Bertz CT molecular complexity index is 346. The minimum atomic E-state index is -0.323. The van der Waals surface area contributed by atoms with Crippen molar-refractivity contribution >= 4 is 5.91 Å². The van der Waals surface area contributed by atoms with Crippen molar-refractivity contribution in [3.63, 3.8) is 0 Å². The summed E-state index contributed by atoms with van der Waals surface area (Å²) in [5.41, 5.74) is 1.37. The summed E-state index contributed by atoms with van der Waals surface area (Å²) in [5.74, 6) is -0.125. The second-order valence-corrected chi connectivity index (χ2v) is 4.10. The van der Waals surface area contributed by atoms with Crippen LogP contribution in [0.1, 0.15) is 35.7 Å². The molecule has 0 radical (unpaired) electrons. The second kappa shape index (κ2) is 7.04. The number of hydrogen-bond donors (Lipinski definition) is 3. The summed E-state index contributed by atoms with van der Waals surface area (Å²) in [6, 6.07) is 6.83. The summed E-state index contributed by atoms with van der Waals surface area (Å²) in [6.45, 7) is 2.28. The molecule has 1 aromatic rings. The molecule has 0 heterocycles. The molecule has 0 saturated heterocycles. The number of hydrogen-bond acceptors (Lipinski definition) is 3. The first-order chi connectivity index (χ1) is 8.13. The van der Waals surface area contributed by atoms with Gasteiger partial charge in [0, 0.05) is 12.1 Å². The average molecular weight is 237 g/mol. The van der Waals surface area contributed by atoms with E-state index in [4.69, 9.17) is 10.2 Å². The molecular weight excluding hydrogens is 218 g/mol. The van der Waals surface area contributed by atoms with Crippen LogP contribution < -0.4 is 5.32 Å². The zero-order valence-corrected chi connectivity index (χ0v) is 10.0. The molecule has 3 N–H and O–H groups in total. The quantitative estimate of drug-likeness (QED) is 0.648. The van der Waals surface area contributed by atoms with E-state index >= 15 is 0 Å². The van der Waals surface area contributed by atoms with Crippen LogP contribution in [0, 0.1) is 0 Å². The van der Waals surface area contributed by atoms with Gasteiger partial charge in [0.25, 0.3) is 5.91 Å². The molecule has 4 heteroatoms. The van der Waals surface area contributed by atoms with E-state index in [0.29, 0.717) is 18.5 Å². The van der Waals surface area contributed by atoms with Crippen molar-refractivity contribution in [3.05, 3.63) is 35.4 Å². The van der Waals surface area contributed by atoms with E-state index in [1.54, 1.807) is 31.2 Å². The maximum Gasteiger partial charge on any atom is 0.251 e. The number of aliphatic hydroxyl groups is 2. The Hall–Kier alpha value is -1.39. The molecule has 1 atom stereocenters. The third-order valence-corrected chi connectivity index (χ3v) is 2.48. The summed E-state index contributed by atoms with van der Waals surface area (Å²) in [5, 5.41) is 20.7. The van der Waals surface area contributed by atoms with Gasteiger partial charge in [0.1, 0.15) is 0 Å². The van der Waals surface area contributed by atoms with E-state index in [1.165, 1.54) is 0 Å². The van der Waals surface area contributed by atoms with Crippen molar-refractivity contribution in [2.75, 3.05) is 6.54 Å². The molecule has 0 aliphatic heterocycles. The molecule has 0 aliphatic rings. The molecule has 1 amide bonds. The number of carbonyl (C=O) groups is 1. The lowest BCUT2D eigenvalue weighted by atomic mass is 10.1. The van der Waals surface area contributed by atoms with Crippen LogP contribution in [0.5, 0.6) is 0 Å². The van der Waals surface area contributed by atoms with Gasteiger partial charge in [-0.25, -0.2) is 0 Å². The molecule has 0 spiro atoms. The average Bonchev–Trinajstić information content (AvgIpc) is 2.34. The topological polar surface area (TPSA) is 69.6 Å². The largest absolute Gasteiger partial charge is 0.393 e. The third kappa shape index (κ3) is 4.97. The highest BCUT2D eigenvalue weighted by Crippen LogP contribution is 2.04. The zero-order chi connectivity index (χ0) is 12.7. The van der Waals surface area contributed by atoms with Crippen LogP contribution in [0.15, 0.2) is 24.3 Å². The molecule has 0 aliphatic carbocycles. The van der Waals surface area contributed by atoms with Crippen LogP contribution in [0.2, 0.25) is 0 Å². The van der Waals surface area contributed by atoms with Gasteiger partial charge in [-0.2, -0.15) is 0 Å². The molecule has 0 bridgehead atoms. The van der Waals surface area contributed by atoms with Crippen molar-refractivity contribution in [1.82, 2.24) is 5.32 Å². The fraction of sp³-hybridized carbons (Fsp3) is 0.462. The number of rotatable bonds is 6. The number of benzene rings is 1. The Labute approximate surface area is 101 Å². The van der Waals surface area contributed by atoms with Crippen LogP contribution in [-0.2, 0) is 6.61 Å². The van der Waals surface area contributed by atoms with E-state index < -0.39 is 0 Å². The van der Waals surface area contributed by atoms with Gasteiger partial charge in [-0.15, -0.1) is 0 Å². The highest BCUT2D eigenvalue weighted by Gasteiger charge is 2.04. The lowest BCUT2D eigenvalue weighted by Gasteiger charge is -2.07. The maximum absolute atomic E-state index is 11.7. The normalized spacial score (nSPS) is 12.2. The van der Waals surface area contributed by atoms with E-state index in [1.807, 2.05) is 0 Å². The van der Waals surface area contributed by atoms with Crippen molar-refractivity contribution < 1.29 is 15.0 Å². The molecule has 17 heavy (non-hydrogen) atoms. The molecular formula is C13H19NO3. The van der Waals surface area contributed by atoms with Crippen molar-refractivity contribution in [2.45, 2.75) is 32.5 Å². The maximum atomic E-state index is 11.7. The smallest absolute Gasteiger partial charge is 0.251 e. The summed E-state index contributed by atoms with van der Waals surface area (Å²) in [4.78, 5) is 11.7. The molecule has 0 saturated carbocycles. The summed E-state index contributed by atoms with van der Waals surface area (Å²) < 4.78 is 0. The summed E-state index contributed by atoms with van der Waals surface area (Å²) >= 11 is 0.